The smallest absolute Gasteiger partial charge is 0.254 e. The molecule has 29 heavy (non-hydrogen) atoms. The van der Waals surface area contributed by atoms with Crippen molar-refractivity contribution in [3.05, 3.63) is 53.5 Å². The first kappa shape index (κ1) is 17.4. The molecule has 2 fully saturated rings. The topological polar surface area (TPSA) is 113 Å². The molecule has 0 bridgehead atoms. The molecule has 3 N–H and O–H groups in total. The zero-order chi connectivity index (χ0) is 19.8. The lowest BCUT2D eigenvalue weighted by Crippen LogP contribution is -2.19. The fourth-order valence-electron chi connectivity index (χ4n) is 3.21. The van der Waals surface area contributed by atoms with Gasteiger partial charge in [-0.05, 0) is 36.6 Å². The van der Waals surface area contributed by atoms with Crippen LogP contribution < -0.4 is 16.0 Å². The van der Waals surface area contributed by atoms with E-state index in [-0.39, 0.29) is 18.2 Å². The van der Waals surface area contributed by atoms with E-state index in [4.69, 9.17) is 4.98 Å². The predicted molar refractivity (Wildman–Crippen MR) is 107 cm³/mol. The normalized spacial score (nSPS) is 17.7. The van der Waals surface area contributed by atoms with E-state index < -0.39 is 0 Å². The van der Waals surface area contributed by atoms with Crippen LogP contribution in [0.2, 0.25) is 0 Å². The molecule has 0 atom stereocenters. The SMILES string of the molecule is O=C1CC(=Cc2cnn3c(NC4CC4)cc(NCc4ccncc4)nc23)C(=O)N1. The first-order valence-electron chi connectivity index (χ1n) is 9.48. The highest BCUT2D eigenvalue weighted by molar-refractivity contribution is 6.15. The van der Waals surface area contributed by atoms with Crippen LogP contribution in [0.4, 0.5) is 11.6 Å². The maximum atomic E-state index is 11.9. The summed E-state index contributed by atoms with van der Waals surface area (Å²) in [6.45, 7) is 0.607. The van der Waals surface area contributed by atoms with E-state index in [1.54, 1.807) is 29.2 Å². The Morgan fingerprint density at radius 2 is 2.07 bits per heavy atom. The molecule has 1 aliphatic carbocycles. The highest BCUT2D eigenvalue weighted by Gasteiger charge is 2.25. The Morgan fingerprint density at radius 1 is 1.24 bits per heavy atom. The van der Waals surface area contributed by atoms with Gasteiger partial charge in [-0.3, -0.25) is 19.9 Å². The van der Waals surface area contributed by atoms with Crippen LogP contribution in [-0.2, 0) is 16.1 Å². The number of carbonyl (C=O) groups is 2. The van der Waals surface area contributed by atoms with Crippen molar-refractivity contribution in [3.63, 3.8) is 0 Å². The fourth-order valence-corrected chi connectivity index (χ4v) is 3.21. The number of anilines is 2. The number of hydrogen-bond acceptors (Lipinski definition) is 7. The van der Waals surface area contributed by atoms with Crippen molar-refractivity contribution in [1.82, 2.24) is 24.9 Å². The molecule has 5 rings (SSSR count). The zero-order valence-electron chi connectivity index (χ0n) is 15.6. The monoisotopic (exact) mass is 389 g/mol. The van der Waals surface area contributed by atoms with E-state index in [9.17, 15) is 9.59 Å². The number of aromatic nitrogens is 4. The van der Waals surface area contributed by atoms with E-state index in [1.807, 2.05) is 18.2 Å². The third-order valence-electron chi connectivity index (χ3n) is 4.88. The Balaban J connectivity index is 1.51. The minimum Gasteiger partial charge on any atom is -0.367 e. The first-order chi connectivity index (χ1) is 14.2. The minimum absolute atomic E-state index is 0.0728. The average molecular weight is 389 g/mol. The lowest BCUT2D eigenvalue weighted by Gasteiger charge is -2.11. The zero-order valence-corrected chi connectivity index (χ0v) is 15.6. The third kappa shape index (κ3) is 3.66. The molecular formula is C20H19N7O2. The number of nitrogens with one attached hydrogen (secondary N) is 3. The number of amides is 2. The molecule has 9 nitrogen and oxygen atoms in total. The Morgan fingerprint density at radius 3 is 2.79 bits per heavy atom. The number of fused-ring (bicyclic) bond motifs is 1. The van der Waals surface area contributed by atoms with Crippen molar-refractivity contribution in [2.75, 3.05) is 10.6 Å². The number of nitrogens with zero attached hydrogens (tertiary/aromatic N) is 4. The predicted octanol–water partition coefficient (Wildman–Crippen LogP) is 1.74. The van der Waals surface area contributed by atoms with Gasteiger partial charge in [-0.15, -0.1) is 0 Å². The summed E-state index contributed by atoms with van der Waals surface area (Å²) in [5.74, 6) is 0.884. The summed E-state index contributed by atoms with van der Waals surface area (Å²) in [6.07, 6.45) is 9.18. The number of pyridine rings is 1. The molecule has 1 aliphatic heterocycles. The number of rotatable bonds is 6. The van der Waals surface area contributed by atoms with Gasteiger partial charge in [-0.2, -0.15) is 9.61 Å². The highest BCUT2D eigenvalue weighted by Crippen LogP contribution is 2.28. The summed E-state index contributed by atoms with van der Waals surface area (Å²) >= 11 is 0. The van der Waals surface area contributed by atoms with Gasteiger partial charge in [-0.25, -0.2) is 4.98 Å². The van der Waals surface area contributed by atoms with Crippen LogP contribution in [0.25, 0.3) is 11.7 Å². The van der Waals surface area contributed by atoms with Crippen molar-refractivity contribution in [3.8, 4) is 0 Å². The van der Waals surface area contributed by atoms with Gasteiger partial charge < -0.3 is 10.6 Å². The maximum absolute atomic E-state index is 11.9. The van der Waals surface area contributed by atoms with Crippen LogP contribution in [0.5, 0.6) is 0 Å². The Labute approximate surface area is 166 Å². The molecule has 146 valence electrons. The Kier molecular flexibility index (Phi) is 4.19. The summed E-state index contributed by atoms with van der Waals surface area (Å²) in [5.41, 5.74) is 2.82. The lowest BCUT2D eigenvalue weighted by atomic mass is 10.1. The molecular weight excluding hydrogens is 370 g/mol. The van der Waals surface area contributed by atoms with Gasteiger partial charge in [-0.1, -0.05) is 0 Å². The lowest BCUT2D eigenvalue weighted by molar-refractivity contribution is -0.124. The number of hydrogen-bond donors (Lipinski definition) is 3. The van der Waals surface area contributed by atoms with Gasteiger partial charge in [0, 0.05) is 42.2 Å². The van der Waals surface area contributed by atoms with Crippen molar-refractivity contribution in [2.45, 2.75) is 31.8 Å². The minimum atomic E-state index is -0.363. The quantitative estimate of drug-likeness (QED) is 0.435. The number of imide groups is 1. The van der Waals surface area contributed by atoms with E-state index in [1.165, 1.54) is 0 Å². The van der Waals surface area contributed by atoms with Crippen LogP contribution in [0, 0.1) is 0 Å². The van der Waals surface area contributed by atoms with Crippen LogP contribution in [0.3, 0.4) is 0 Å². The van der Waals surface area contributed by atoms with Crippen molar-refractivity contribution < 1.29 is 9.59 Å². The Hall–Kier alpha value is -3.75. The second-order valence-corrected chi connectivity index (χ2v) is 7.21. The van der Waals surface area contributed by atoms with Gasteiger partial charge in [0.15, 0.2) is 5.65 Å². The Bertz CT molecular complexity index is 1130. The fraction of sp³-hybridized carbons (Fsp3) is 0.250. The molecule has 0 spiro atoms. The molecule has 1 saturated heterocycles. The van der Waals surface area contributed by atoms with Crippen molar-refractivity contribution >= 4 is 35.2 Å². The first-order valence-corrected chi connectivity index (χ1v) is 9.48. The molecule has 3 aromatic heterocycles. The van der Waals surface area contributed by atoms with Gasteiger partial charge >= 0.3 is 0 Å². The van der Waals surface area contributed by atoms with Crippen LogP contribution in [0.15, 0.2) is 42.4 Å². The highest BCUT2D eigenvalue weighted by atomic mass is 16.2. The van der Waals surface area contributed by atoms with Gasteiger partial charge in [0.2, 0.25) is 5.91 Å². The van der Waals surface area contributed by atoms with Crippen molar-refractivity contribution in [2.24, 2.45) is 0 Å². The maximum Gasteiger partial charge on any atom is 0.254 e. The summed E-state index contributed by atoms with van der Waals surface area (Å²) < 4.78 is 1.73. The van der Waals surface area contributed by atoms with Gasteiger partial charge in [0.1, 0.15) is 11.6 Å². The largest absolute Gasteiger partial charge is 0.367 e. The molecule has 9 heteroatoms. The van der Waals surface area contributed by atoms with E-state index >= 15 is 0 Å². The van der Waals surface area contributed by atoms with Crippen LogP contribution >= 0.6 is 0 Å². The third-order valence-corrected chi connectivity index (χ3v) is 4.88. The van der Waals surface area contributed by atoms with Crippen LogP contribution in [-0.4, -0.2) is 37.4 Å². The molecule has 2 amide bonds. The molecule has 1 saturated carbocycles. The molecule has 4 heterocycles. The molecule has 2 aliphatic rings. The summed E-state index contributed by atoms with van der Waals surface area (Å²) in [5, 5.41) is 13.6. The standard InChI is InChI=1S/C20H19N7O2/c28-18-8-13(20(29)26-18)7-14-11-23-27-17(24-15-1-2-15)9-16(25-19(14)27)22-10-12-3-5-21-6-4-12/h3-7,9,11,15,24H,1-2,8,10H2,(H,22,25)(H,26,28,29). The second kappa shape index (κ2) is 7.01. The summed E-state index contributed by atoms with van der Waals surface area (Å²) in [4.78, 5) is 32.1. The van der Waals surface area contributed by atoms with Crippen molar-refractivity contribution in [1.29, 1.82) is 0 Å². The van der Waals surface area contributed by atoms with E-state index in [2.05, 4.69) is 26.0 Å². The van der Waals surface area contributed by atoms with Crippen LogP contribution in [0.1, 0.15) is 30.4 Å². The molecule has 0 radical (unpaired) electrons. The summed E-state index contributed by atoms with van der Waals surface area (Å²) in [6, 6.07) is 6.26. The average Bonchev–Trinajstić information content (AvgIpc) is 3.36. The second-order valence-electron chi connectivity index (χ2n) is 7.21. The van der Waals surface area contributed by atoms with Gasteiger partial charge in [0.05, 0.1) is 12.6 Å². The molecule has 3 aromatic rings. The molecule has 0 unspecified atom stereocenters. The van der Waals surface area contributed by atoms with E-state index in [0.717, 1.165) is 24.2 Å². The summed E-state index contributed by atoms with van der Waals surface area (Å²) in [7, 11) is 0. The van der Waals surface area contributed by atoms with Gasteiger partial charge in [0.25, 0.3) is 5.91 Å². The van der Waals surface area contributed by atoms with E-state index in [0.29, 0.717) is 35.2 Å². The number of carbonyl (C=O) groups excluding carboxylic acids is 2. The molecule has 0 aromatic carbocycles.